The molecule has 0 bridgehead atoms. The van der Waals surface area contributed by atoms with Crippen molar-refractivity contribution in [1.29, 1.82) is 0 Å². The number of Topliss-reactive ketones (excluding diaryl/α,β-unsaturated/α-hetero) is 2. The Morgan fingerprint density at radius 3 is 1.60 bits per heavy atom. The summed E-state index contributed by atoms with van der Waals surface area (Å²) in [4.78, 5) is 25.4. The first-order valence-electron chi connectivity index (χ1n) is 10.0. The standard InChI is InChI=1S/C27H20O3/c1-16-10-19(14-21-12-17-6-2-4-8-23(17)26(21)29)25(28)20(11-16)15-22-13-18-7-3-5-9-24(18)27(22)30/h2-11,14-15,28H,12-13H2,1H3/b21-14+,22-15+. The molecular formula is C27H20O3. The number of phenolic OH excluding ortho intramolecular Hbond substituents is 1. The third-order valence-corrected chi connectivity index (χ3v) is 5.84. The smallest absolute Gasteiger partial charge is 0.189 e. The minimum Gasteiger partial charge on any atom is -0.507 e. The number of rotatable bonds is 2. The summed E-state index contributed by atoms with van der Waals surface area (Å²) in [5.74, 6) is 0.105. The van der Waals surface area contributed by atoms with Crippen LogP contribution in [0, 0.1) is 6.92 Å². The van der Waals surface area contributed by atoms with Crippen LogP contribution in [0.3, 0.4) is 0 Å². The van der Waals surface area contributed by atoms with Gasteiger partial charge in [0.05, 0.1) is 0 Å². The van der Waals surface area contributed by atoms with Crippen molar-refractivity contribution in [3.05, 3.63) is 111 Å². The molecule has 0 aliphatic heterocycles. The minimum absolute atomic E-state index is 0.00725. The summed E-state index contributed by atoms with van der Waals surface area (Å²) in [7, 11) is 0. The van der Waals surface area contributed by atoms with Crippen molar-refractivity contribution >= 4 is 23.7 Å². The van der Waals surface area contributed by atoms with Gasteiger partial charge < -0.3 is 5.11 Å². The second kappa shape index (κ2) is 6.96. The summed E-state index contributed by atoms with van der Waals surface area (Å²) in [5, 5.41) is 10.9. The topological polar surface area (TPSA) is 54.4 Å². The van der Waals surface area contributed by atoms with Crippen LogP contribution in [0.5, 0.6) is 5.75 Å². The van der Waals surface area contributed by atoms with Crippen molar-refractivity contribution in [3.8, 4) is 5.75 Å². The van der Waals surface area contributed by atoms with Gasteiger partial charge in [-0.25, -0.2) is 0 Å². The molecule has 0 saturated heterocycles. The summed E-state index contributed by atoms with van der Waals surface area (Å²) >= 11 is 0. The molecule has 30 heavy (non-hydrogen) atoms. The lowest BCUT2D eigenvalue weighted by molar-refractivity contribution is 0.103. The van der Waals surface area contributed by atoms with E-state index in [1.807, 2.05) is 67.6 Å². The summed E-state index contributed by atoms with van der Waals surface area (Å²) in [6.45, 7) is 1.94. The number of hydrogen-bond donors (Lipinski definition) is 1. The number of benzene rings is 3. The maximum atomic E-state index is 12.7. The SMILES string of the molecule is Cc1cc(/C=C2\Cc3ccccc3C2=O)c(O)c(/C=C2\Cc3ccccc3C2=O)c1. The highest BCUT2D eigenvalue weighted by Crippen LogP contribution is 2.34. The maximum absolute atomic E-state index is 12.7. The molecule has 0 heterocycles. The lowest BCUT2D eigenvalue weighted by Gasteiger charge is -2.08. The first-order valence-corrected chi connectivity index (χ1v) is 10.0. The number of carbonyl (C=O) groups is 2. The highest BCUT2D eigenvalue weighted by atomic mass is 16.3. The van der Waals surface area contributed by atoms with Gasteiger partial charge in [-0.05, 0) is 47.9 Å². The number of fused-ring (bicyclic) bond motifs is 2. The monoisotopic (exact) mass is 392 g/mol. The van der Waals surface area contributed by atoms with E-state index in [1.54, 1.807) is 12.2 Å². The van der Waals surface area contributed by atoms with Crippen molar-refractivity contribution in [2.24, 2.45) is 0 Å². The van der Waals surface area contributed by atoms with E-state index < -0.39 is 0 Å². The number of carbonyl (C=O) groups excluding carboxylic acids is 2. The van der Waals surface area contributed by atoms with Crippen LogP contribution in [0.15, 0.2) is 71.8 Å². The number of ketones is 2. The van der Waals surface area contributed by atoms with Crippen molar-refractivity contribution in [3.63, 3.8) is 0 Å². The van der Waals surface area contributed by atoms with E-state index in [9.17, 15) is 14.7 Å². The van der Waals surface area contributed by atoms with Gasteiger partial charge in [-0.2, -0.15) is 0 Å². The first-order chi connectivity index (χ1) is 14.5. The Morgan fingerprint density at radius 2 is 1.17 bits per heavy atom. The van der Waals surface area contributed by atoms with E-state index in [1.165, 1.54) is 0 Å². The van der Waals surface area contributed by atoms with Crippen molar-refractivity contribution < 1.29 is 14.7 Å². The van der Waals surface area contributed by atoms with Crippen LogP contribution in [0.25, 0.3) is 12.2 Å². The summed E-state index contributed by atoms with van der Waals surface area (Å²) < 4.78 is 0. The molecule has 0 unspecified atom stereocenters. The Balaban J connectivity index is 1.53. The number of phenols is 1. The van der Waals surface area contributed by atoms with E-state index in [4.69, 9.17) is 0 Å². The molecule has 0 fully saturated rings. The second-order valence-corrected chi connectivity index (χ2v) is 7.96. The summed E-state index contributed by atoms with van der Waals surface area (Å²) in [5.41, 5.74) is 6.97. The fraction of sp³-hybridized carbons (Fsp3) is 0.111. The van der Waals surface area contributed by atoms with Gasteiger partial charge in [0, 0.05) is 46.2 Å². The number of allylic oxidation sites excluding steroid dienone is 2. The maximum Gasteiger partial charge on any atom is 0.189 e. The molecule has 5 rings (SSSR count). The summed E-state index contributed by atoms with van der Waals surface area (Å²) in [6, 6.07) is 18.9. The zero-order valence-corrected chi connectivity index (χ0v) is 16.6. The van der Waals surface area contributed by atoms with Gasteiger partial charge in [0.15, 0.2) is 11.6 Å². The van der Waals surface area contributed by atoms with Crippen LogP contribution in [0.4, 0.5) is 0 Å². The Labute approximate surface area is 175 Å². The van der Waals surface area contributed by atoms with E-state index in [-0.39, 0.29) is 17.3 Å². The third-order valence-electron chi connectivity index (χ3n) is 5.84. The van der Waals surface area contributed by atoms with Crippen molar-refractivity contribution in [2.45, 2.75) is 19.8 Å². The molecule has 0 radical (unpaired) electrons. The first kappa shape index (κ1) is 18.3. The van der Waals surface area contributed by atoms with Crippen LogP contribution < -0.4 is 0 Å². The average molecular weight is 392 g/mol. The lowest BCUT2D eigenvalue weighted by atomic mass is 9.99. The molecule has 3 aromatic rings. The van der Waals surface area contributed by atoms with Crippen LogP contribution in [0.2, 0.25) is 0 Å². The molecule has 2 aliphatic carbocycles. The molecule has 0 aromatic heterocycles. The molecule has 3 aromatic carbocycles. The Morgan fingerprint density at radius 1 is 0.733 bits per heavy atom. The quantitative estimate of drug-likeness (QED) is 0.599. The highest BCUT2D eigenvalue weighted by Gasteiger charge is 2.26. The molecule has 3 heteroatoms. The molecule has 146 valence electrons. The zero-order valence-electron chi connectivity index (χ0n) is 16.6. The zero-order chi connectivity index (χ0) is 20.8. The Hall–Kier alpha value is -3.72. The summed E-state index contributed by atoms with van der Waals surface area (Å²) in [6.07, 6.45) is 4.68. The lowest BCUT2D eigenvalue weighted by Crippen LogP contribution is -1.97. The molecule has 0 atom stereocenters. The number of aryl methyl sites for hydroxylation is 1. The molecular weight excluding hydrogens is 372 g/mol. The van der Waals surface area contributed by atoms with Gasteiger partial charge in [0.25, 0.3) is 0 Å². The highest BCUT2D eigenvalue weighted by molar-refractivity contribution is 6.16. The third kappa shape index (κ3) is 3.00. The van der Waals surface area contributed by atoms with Crippen molar-refractivity contribution in [1.82, 2.24) is 0 Å². The normalized spacial score (nSPS) is 17.6. The van der Waals surface area contributed by atoms with Crippen LogP contribution in [-0.4, -0.2) is 16.7 Å². The molecule has 0 spiro atoms. The minimum atomic E-state index is 0.00725. The van der Waals surface area contributed by atoms with Crippen molar-refractivity contribution in [2.75, 3.05) is 0 Å². The molecule has 0 amide bonds. The van der Waals surface area contributed by atoms with E-state index in [0.717, 1.165) is 27.8 Å². The van der Waals surface area contributed by atoms with Crippen LogP contribution in [0.1, 0.15) is 48.5 Å². The Kier molecular flexibility index (Phi) is 4.25. The predicted octanol–water partition coefficient (Wildman–Crippen LogP) is 5.35. The number of hydrogen-bond acceptors (Lipinski definition) is 3. The van der Waals surface area contributed by atoms with Crippen LogP contribution in [-0.2, 0) is 12.8 Å². The van der Waals surface area contributed by atoms with Gasteiger partial charge in [0.2, 0.25) is 0 Å². The molecule has 3 nitrogen and oxygen atoms in total. The van der Waals surface area contributed by atoms with E-state index >= 15 is 0 Å². The van der Waals surface area contributed by atoms with Gasteiger partial charge in [-0.1, -0.05) is 48.5 Å². The molecule has 0 saturated carbocycles. The largest absolute Gasteiger partial charge is 0.507 e. The molecule has 2 aliphatic rings. The number of aromatic hydroxyl groups is 1. The molecule has 1 N–H and O–H groups in total. The average Bonchev–Trinajstić information content (AvgIpc) is 3.23. The predicted molar refractivity (Wildman–Crippen MR) is 118 cm³/mol. The second-order valence-electron chi connectivity index (χ2n) is 7.96. The Bertz CT molecular complexity index is 1190. The van der Waals surface area contributed by atoms with E-state index in [0.29, 0.717) is 35.1 Å². The van der Waals surface area contributed by atoms with Crippen LogP contribution >= 0.6 is 0 Å². The van der Waals surface area contributed by atoms with Gasteiger partial charge in [-0.3, -0.25) is 9.59 Å². The fourth-order valence-corrected chi connectivity index (χ4v) is 4.37. The van der Waals surface area contributed by atoms with Gasteiger partial charge >= 0.3 is 0 Å². The fourth-order valence-electron chi connectivity index (χ4n) is 4.37. The van der Waals surface area contributed by atoms with E-state index in [2.05, 4.69) is 0 Å². The van der Waals surface area contributed by atoms with Gasteiger partial charge in [0.1, 0.15) is 5.75 Å². The van der Waals surface area contributed by atoms with Gasteiger partial charge in [-0.15, -0.1) is 0 Å².